The summed E-state index contributed by atoms with van der Waals surface area (Å²) in [6, 6.07) is 12.9. The Kier molecular flexibility index (Phi) is 7.33. The molecule has 0 aliphatic heterocycles. The first kappa shape index (κ1) is 24.3. The summed E-state index contributed by atoms with van der Waals surface area (Å²) in [5.41, 5.74) is 1.71. The van der Waals surface area contributed by atoms with E-state index >= 15 is 0 Å². The minimum absolute atomic E-state index is 0.0583. The molecule has 0 atom stereocenters. The Bertz CT molecular complexity index is 1130. The van der Waals surface area contributed by atoms with Gasteiger partial charge < -0.3 is 20.3 Å². The van der Waals surface area contributed by atoms with Crippen LogP contribution in [-0.4, -0.2) is 42.5 Å². The van der Waals surface area contributed by atoms with Crippen molar-refractivity contribution in [1.82, 2.24) is 15.3 Å². The second kappa shape index (κ2) is 10.2. The molecule has 6 nitrogen and oxygen atoms in total. The Balaban J connectivity index is 1.30. The van der Waals surface area contributed by atoms with Crippen LogP contribution in [0.5, 0.6) is 5.75 Å². The van der Waals surface area contributed by atoms with E-state index in [0.717, 1.165) is 48.0 Å². The highest BCUT2D eigenvalue weighted by molar-refractivity contribution is 6.32. The van der Waals surface area contributed by atoms with Gasteiger partial charge in [0.05, 0.1) is 10.5 Å². The van der Waals surface area contributed by atoms with Gasteiger partial charge in [0, 0.05) is 38.1 Å². The molecule has 1 aromatic heterocycles. The maximum atomic E-state index is 12.4. The third-order valence-corrected chi connectivity index (χ3v) is 6.18. The van der Waals surface area contributed by atoms with Crippen molar-refractivity contribution in [3.8, 4) is 5.75 Å². The molecule has 1 heterocycles. The zero-order valence-corrected chi connectivity index (χ0v) is 19.7. The molecular weight excluding hydrogens is 467 g/mol. The van der Waals surface area contributed by atoms with E-state index in [4.69, 9.17) is 16.6 Å². The molecule has 0 unspecified atom stereocenters. The normalized spacial score (nSPS) is 18.6. The minimum Gasteiger partial charge on any atom is -0.404 e. The summed E-state index contributed by atoms with van der Waals surface area (Å²) in [7, 11) is 3.94. The molecule has 1 aliphatic rings. The summed E-state index contributed by atoms with van der Waals surface area (Å²) < 4.78 is 41.1. The lowest BCUT2D eigenvalue weighted by Crippen LogP contribution is -2.37. The molecule has 3 aromatic rings. The van der Waals surface area contributed by atoms with Crippen LogP contribution in [0, 0.1) is 0 Å². The smallest absolute Gasteiger partial charge is 0.404 e. The number of nitrogens with zero attached hydrogens (tertiary/aromatic N) is 3. The van der Waals surface area contributed by atoms with Crippen LogP contribution < -0.4 is 20.3 Å². The van der Waals surface area contributed by atoms with E-state index in [0.29, 0.717) is 18.5 Å². The molecule has 2 aromatic carbocycles. The van der Waals surface area contributed by atoms with Crippen molar-refractivity contribution in [1.29, 1.82) is 0 Å². The van der Waals surface area contributed by atoms with Gasteiger partial charge in [-0.3, -0.25) is 0 Å². The highest BCUT2D eigenvalue weighted by atomic mass is 35.5. The fourth-order valence-corrected chi connectivity index (χ4v) is 4.46. The predicted octanol–water partition coefficient (Wildman–Crippen LogP) is 5.76. The van der Waals surface area contributed by atoms with E-state index in [1.165, 1.54) is 12.1 Å². The average molecular weight is 494 g/mol. The summed E-state index contributed by atoms with van der Waals surface area (Å²) in [5.74, 6) is 1.13. The van der Waals surface area contributed by atoms with Gasteiger partial charge in [-0.1, -0.05) is 29.8 Å². The molecule has 182 valence electrons. The number of nitrogens with one attached hydrogen (secondary N) is 2. The van der Waals surface area contributed by atoms with Gasteiger partial charge in [-0.15, -0.1) is 13.2 Å². The lowest BCUT2D eigenvalue weighted by atomic mass is 9.91. The largest absolute Gasteiger partial charge is 0.573 e. The number of anilines is 2. The number of ether oxygens (including phenoxy) is 1. The molecule has 34 heavy (non-hydrogen) atoms. The monoisotopic (exact) mass is 493 g/mol. The van der Waals surface area contributed by atoms with Crippen molar-refractivity contribution in [3.63, 3.8) is 0 Å². The quantitative estimate of drug-likeness (QED) is 0.436. The summed E-state index contributed by atoms with van der Waals surface area (Å²) in [6.07, 6.45) is -0.903. The molecule has 2 N–H and O–H groups in total. The molecule has 10 heteroatoms. The van der Waals surface area contributed by atoms with Crippen LogP contribution in [0.15, 0.2) is 42.5 Å². The van der Waals surface area contributed by atoms with Crippen molar-refractivity contribution in [3.05, 3.63) is 53.1 Å². The molecule has 0 bridgehead atoms. The molecular formula is C24H27ClF3N5O. The molecule has 0 spiro atoms. The number of alkyl halides is 3. The van der Waals surface area contributed by atoms with E-state index in [1.54, 1.807) is 6.07 Å². The van der Waals surface area contributed by atoms with E-state index in [2.05, 4.69) is 20.4 Å². The molecule has 0 saturated heterocycles. The first-order chi connectivity index (χ1) is 16.2. The van der Waals surface area contributed by atoms with Gasteiger partial charge in [0.1, 0.15) is 11.6 Å². The van der Waals surface area contributed by atoms with Crippen molar-refractivity contribution in [2.45, 2.75) is 50.7 Å². The number of halogens is 4. The summed E-state index contributed by atoms with van der Waals surface area (Å²) in [4.78, 5) is 11.4. The van der Waals surface area contributed by atoms with Crippen LogP contribution in [0.1, 0.15) is 31.2 Å². The Morgan fingerprint density at radius 3 is 2.41 bits per heavy atom. The Hall–Kier alpha value is -2.78. The maximum Gasteiger partial charge on any atom is 0.573 e. The minimum atomic E-state index is -4.76. The van der Waals surface area contributed by atoms with Gasteiger partial charge in [-0.2, -0.15) is 4.98 Å². The Morgan fingerprint density at radius 1 is 1.03 bits per heavy atom. The number of benzene rings is 2. The Morgan fingerprint density at radius 2 is 1.74 bits per heavy atom. The fraction of sp³-hybridized carbons (Fsp3) is 0.417. The van der Waals surface area contributed by atoms with Crippen LogP contribution >= 0.6 is 11.6 Å². The lowest BCUT2D eigenvalue weighted by molar-refractivity contribution is -0.274. The Labute approximate surface area is 201 Å². The standard InChI is InChI=1S/C24H27ClF3N5O/c1-33(2)22-18-5-3-4-6-20(18)31-23(32-22)30-17-10-8-16(9-11-17)29-14-15-7-12-21(19(25)13-15)34-24(26,27)28/h3-7,12-13,16-17,29H,8-11,14H2,1-2H3,(H,30,31,32). The number of aromatic nitrogens is 2. The van der Waals surface area contributed by atoms with Gasteiger partial charge in [-0.05, 0) is 55.5 Å². The maximum absolute atomic E-state index is 12.4. The van der Waals surface area contributed by atoms with Gasteiger partial charge in [0.2, 0.25) is 5.95 Å². The molecule has 1 fully saturated rings. The molecule has 1 aliphatic carbocycles. The van der Waals surface area contributed by atoms with Gasteiger partial charge >= 0.3 is 6.36 Å². The topological polar surface area (TPSA) is 62.3 Å². The number of hydrogen-bond acceptors (Lipinski definition) is 6. The van der Waals surface area contributed by atoms with Crippen molar-refractivity contribution < 1.29 is 17.9 Å². The number of hydrogen-bond donors (Lipinski definition) is 2. The van der Waals surface area contributed by atoms with Crippen molar-refractivity contribution in [2.75, 3.05) is 24.3 Å². The predicted molar refractivity (Wildman–Crippen MR) is 129 cm³/mol. The molecule has 0 radical (unpaired) electrons. The highest BCUT2D eigenvalue weighted by Crippen LogP contribution is 2.31. The lowest BCUT2D eigenvalue weighted by Gasteiger charge is -2.30. The zero-order valence-electron chi connectivity index (χ0n) is 19.0. The third-order valence-electron chi connectivity index (χ3n) is 5.88. The number of para-hydroxylation sites is 1. The number of rotatable bonds is 7. The van der Waals surface area contributed by atoms with E-state index < -0.39 is 12.1 Å². The SMILES string of the molecule is CN(C)c1nc(NC2CCC(NCc3ccc(OC(F)(F)F)c(Cl)c3)CC2)nc2ccccc12. The molecule has 0 amide bonds. The van der Waals surface area contributed by atoms with Crippen LogP contribution in [0.4, 0.5) is 24.9 Å². The molecule has 4 rings (SSSR count). The van der Waals surface area contributed by atoms with Crippen molar-refractivity contribution >= 4 is 34.3 Å². The van der Waals surface area contributed by atoms with Crippen LogP contribution in [0.2, 0.25) is 5.02 Å². The molecule has 1 saturated carbocycles. The van der Waals surface area contributed by atoms with Crippen LogP contribution in [0.3, 0.4) is 0 Å². The van der Waals surface area contributed by atoms with Gasteiger partial charge in [0.15, 0.2) is 0 Å². The summed E-state index contributed by atoms with van der Waals surface area (Å²) in [5, 5.41) is 7.93. The van der Waals surface area contributed by atoms with E-state index in [1.807, 2.05) is 43.3 Å². The van der Waals surface area contributed by atoms with Gasteiger partial charge in [-0.25, -0.2) is 4.98 Å². The fourth-order valence-electron chi connectivity index (χ4n) is 4.21. The van der Waals surface area contributed by atoms with E-state index in [9.17, 15) is 13.2 Å². The van der Waals surface area contributed by atoms with Crippen LogP contribution in [-0.2, 0) is 6.54 Å². The first-order valence-corrected chi connectivity index (χ1v) is 11.5. The van der Waals surface area contributed by atoms with Crippen LogP contribution in [0.25, 0.3) is 10.9 Å². The zero-order chi connectivity index (χ0) is 24.3. The van der Waals surface area contributed by atoms with E-state index in [-0.39, 0.29) is 11.1 Å². The average Bonchev–Trinajstić information content (AvgIpc) is 2.79. The summed E-state index contributed by atoms with van der Waals surface area (Å²) in [6.45, 7) is 0.523. The summed E-state index contributed by atoms with van der Waals surface area (Å²) >= 11 is 5.94. The second-order valence-electron chi connectivity index (χ2n) is 8.67. The first-order valence-electron chi connectivity index (χ1n) is 11.2. The number of fused-ring (bicyclic) bond motifs is 1. The third kappa shape index (κ3) is 6.21. The second-order valence-corrected chi connectivity index (χ2v) is 9.08. The highest BCUT2D eigenvalue weighted by Gasteiger charge is 2.32. The van der Waals surface area contributed by atoms with Gasteiger partial charge in [0.25, 0.3) is 0 Å². The van der Waals surface area contributed by atoms with Crippen molar-refractivity contribution in [2.24, 2.45) is 0 Å².